The summed E-state index contributed by atoms with van der Waals surface area (Å²) in [4.78, 5) is 28.0. The van der Waals surface area contributed by atoms with Gasteiger partial charge in [0.2, 0.25) is 0 Å². The molecule has 1 atom stereocenters. The molecule has 2 rings (SSSR count). The molecule has 8 heteroatoms. The number of carbonyl (C=O) groups is 2. The molecule has 0 bridgehead atoms. The van der Waals surface area contributed by atoms with Crippen molar-refractivity contribution in [1.29, 1.82) is 0 Å². The van der Waals surface area contributed by atoms with Gasteiger partial charge in [0.25, 0.3) is 5.91 Å². The Morgan fingerprint density at radius 1 is 1.13 bits per heavy atom. The van der Waals surface area contributed by atoms with E-state index in [1.165, 1.54) is 31.3 Å². The maximum absolute atomic E-state index is 12.1. The van der Waals surface area contributed by atoms with Crippen molar-refractivity contribution >= 4 is 52.5 Å². The molecule has 120 valence electrons. The predicted molar refractivity (Wildman–Crippen MR) is 89.2 cm³/mol. The normalized spacial score (nSPS) is 11.7. The average Bonchev–Trinajstić information content (AvgIpc) is 2.51. The van der Waals surface area contributed by atoms with Gasteiger partial charge in [-0.05, 0) is 37.3 Å². The van der Waals surface area contributed by atoms with Crippen molar-refractivity contribution in [3.63, 3.8) is 0 Å². The third kappa shape index (κ3) is 4.82. The molecule has 0 spiro atoms. The zero-order valence-corrected chi connectivity index (χ0v) is 14.1. The van der Waals surface area contributed by atoms with Crippen LogP contribution < -0.4 is 5.32 Å². The SMILES string of the molecule is C[C@H](OC(=O)c1cc(Cl)ccc1Cl)C(=O)Nc1ccc(Cl)cn1. The number of rotatable bonds is 4. The number of anilines is 1. The number of ether oxygens (including phenoxy) is 1. The molecule has 1 N–H and O–H groups in total. The van der Waals surface area contributed by atoms with Crippen LogP contribution in [-0.2, 0) is 9.53 Å². The van der Waals surface area contributed by atoms with Crippen LogP contribution in [-0.4, -0.2) is 23.0 Å². The van der Waals surface area contributed by atoms with E-state index in [0.717, 1.165) is 0 Å². The van der Waals surface area contributed by atoms with Crippen LogP contribution in [0.25, 0.3) is 0 Å². The second-order valence-corrected chi connectivity index (χ2v) is 5.80. The summed E-state index contributed by atoms with van der Waals surface area (Å²) in [5.41, 5.74) is 0.0865. The summed E-state index contributed by atoms with van der Waals surface area (Å²) in [7, 11) is 0. The Morgan fingerprint density at radius 2 is 1.83 bits per heavy atom. The van der Waals surface area contributed by atoms with Gasteiger partial charge in [0, 0.05) is 11.2 Å². The van der Waals surface area contributed by atoms with E-state index in [9.17, 15) is 9.59 Å². The largest absolute Gasteiger partial charge is 0.449 e. The molecule has 1 aromatic carbocycles. The Balaban J connectivity index is 2.01. The number of halogens is 3. The Morgan fingerprint density at radius 3 is 2.48 bits per heavy atom. The van der Waals surface area contributed by atoms with Gasteiger partial charge in [-0.15, -0.1) is 0 Å². The highest BCUT2D eigenvalue weighted by atomic mass is 35.5. The highest BCUT2D eigenvalue weighted by molar-refractivity contribution is 6.35. The standard InChI is InChI=1S/C15H11Cl3N2O3/c1-8(14(21)20-13-5-3-10(17)7-19-13)23-15(22)11-6-9(16)2-4-12(11)18/h2-8H,1H3,(H,19,20,21)/t8-/m0/s1. The van der Waals surface area contributed by atoms with Crippen molar-refractivity contribution in [3.8, 4) is 0 Å². The van der Waals surface area contributed by atoms with Gasteiger partial charge >= 0.3 is 5.97 Å². The molecule has 2 aromatic rings. The second kappa shape index (κ2) is 7.64. The monoisotopic (exact) mass is 372 g/mol. The Bertz CT molecular complexity index is 735. The predicted octanol–water partition coefficient (Wildman–Crippen LogP) is 4.23. The van der Waals surface area contributed by atoms with E-state index in [-0.39, 0.29) is 10.6 Å². The molecule has 0 saturated heterocycles. The minimum Gasteiger partial charge on any atom is -0.449 e. The van der Waals surface area contributed by atoms with Crippen molar-refractivity contribution in [3.05, 3.63) is 57.2 Å². The summed E-state index contributed by atoms with van der Waals surface area (Å²) < 4.78 is 5.08. The van der Waals surface area contributed by atoms with Crippen LogP contribution in [0, 0.1) is 0 Å². The van der Waals surface area contributed by atoms with E-state index in [0.29, 0.717) is 15.9 Å². The Labute approximate surface area is 147 Å². The van der Waals surface area contributed by atoms with Gasteiger partial charge in [0.15, 0.2) is 6.10 Å². The number of benzene rings is 1. The smallest absolute Gasteiger partial charge is 0.340 e. The van der Waals surface area contributed by atoms with Crippen molar-refractivity contribution < 1.29 is 14.3 Å². The van der Waals surface area contributed by atoms with Crippen LogP contribution in [0.4, 0.5) is 5.82 Å². The van der Waals surface area contributed by atoms with E-state index >= 15 is 0 Å². The van der Waals surface area contributed by atoms with Crippen LogP contribution in [0.2, 0.25) is 15.1 Å². The zero-order valence-electron chi connectivity index (χ0n) is 11.8. The molecule has 0 radical (unpaired) electrons. The lowest BCUT2D eigenvalue weighted by atomic mass is 10.2. The summed E-state index contributed by atoms with van der Waals surface area (Å²) in [6, 6.07) is 7.50. The van der Waals surface area contributed by atoms with Crippen LogP contribution in [0.3, 0.4) is 0 Å². The van der Waals surface area contributed by atoms with Crippen molar-refractivity contribution in [2.45, 2.75) is 13.0 Å². The fraction of sp³-hybridized carbons (Fsp3) is 0.133. The Hall–Kier alpha value is -1.82. The molecule has 0 saturated carbocycles. The Kier molecular flexibility index (Phi) is 5.82. The molecule has 1 amide bonds. The summed E-state index contributed by atoms with van der Waals surface area (Å²) >= 11 is 17.4. The quantitative estimate of drug-likeness (QED) is 0.815. The zero-order chi connectivity index (χ0) is 17.0. The molecule has 0 fully saturated rings. The number of nitrogens with one attached hydrogen (secondary N) is 1. The first-order chi connectivity index (χ1) is 10.9. The molecule has 0 aliphatic heterocycles. The van der Waals surface area contributed by atoms with Gasteiger partial charge in [0.05, 0.1) is 15.6 Å². The molecule has 1 aromatic heterocycles. The van der Waals surface area contributed by atoms with Crippen LogP contribution >= 0.6 is 34.8 Å². The van der Waals surface area contributed by atoms with E-state index in [1.807, 2.05) is 0 Å². The second-order valence-electron chi connectivity index (χ2n) is 4.52. The number of amides is 1. The molecule has 0 aliphatic rings. The van der Waals surface area contributed by atoms with Gasteiger partial charge in [-0.3, -0.25) is 4.79 Å². The molecule has 0 aliphatic carbocycles. The maximum atomic E-state index is 12.1. The first kappa shape index (κ1) is 17.5. The number of nitrogens with zero attached hydrogens (tertiary/aromatic N) is 1. The third-order valence-corrected chi connectivity index (χ3v) is 3.57. The van der Waals surface area contributed by atoms with E-state index in [4.69, 9.17) is 39.5 Å². The fourth-order valence-corrected chi connectivity index (χ4v) is 2.09. The maximum Gasteiger partial charge on any atom is 0.340 e. The topological polar surface area (TPSA) is 68.3 Å². The highest BCUT2D eigenvalue weighted by Crippen LogP contribution is 2.22. The minimum absolute atomic E-state index is 0.0865. The lowest BCUT2D eigenvalue weighted by molar-refractivity contribution is -0.123. The van der Waals surface area contributed by atoms with Crippen molar-refractivity contribution in [2.24, 2.45) is 0 Å². The van der Waals surface area contributed by atoms with Gasteiger partial charge in [0.1, 0.15) is 5.82 Å². The first-order valence-corrected chi connectivity index (χ1v) is 7.58. The summed E-state index contributed by atoms with van der Waals surface area (Å²) in [5.74, 6) is -0.987. The van der Waals surface area contributed by atoms with Crippen LogP contribution in [0.1, 0.15) is 17.3 Å². The van der Waals surface area contributed by atoms with Crippen LogP contribution in [0.5, 0.6) is 0 Å². The molecule has 23 heavy (non-hydrogen) atoms. The molecular weight excluding hydrogens is 363 g/mol. The van der Waals surface area contributed by atoms with Gasteiger partial charge in [-0.2, -0.15) is 0 Å². The minimum atomic E-state index is -1.05. The number of pyridine rings is 1. The van der Waals surface area contributed by atoms with E-state index in [2.05, 4.69) is 10.3 Å². The van der Waals surface area contributed by atoms with Crippen molar-refractivity contribution in [1.82, 2.24) is 4.98 Å². The van der Waals surface area contributed by atoms with Gasteiger partial charge < -0.3 is 10.1 Å². The molecule has 1 heterocycles. The number of aromatic nitrogens is 1. The lowest BCUT2D eigenvalue weighted by Crippen LogP contribution is -2.30. The summed E-state index contributed by atoms with van der Waals surface area (Å²) in [6.07, 6.45) is 0.342. The number of hydrogen-bond acceptors (Lipinski definition) is 4. The summed E-state index contributed by atoms with van der Waals surface area (Å²) in [6.45, 7) is 1.43. The van der Waals surface area contributed by atoms with Crippen molar-refractivity contribution in [2.75, 3.05) is 5.32 Å². The summed E-state index contributed by atoms with van der Waals surface area (Å²) in [5, 5.41) is 3.47. The average molecular weight is 374 g/mol. The van der Waals surface area contributed by atoms with Gasteiger partial charge in [-0.25, -0.2) is 9.78 Å². The molecule has 5 nitrogen and oxygen atoms in total. The number of hydrogen-bond donors (Lipinski definition) is 1. The first-order valence-electron chi connectivity index (χ1n) is 6.45. The van der Waals surface area contributed by atoms with E-state index < -0.39 is 18.0 Å². The third-order valence-electron chi connectivity index (χ3n) is 2.78. The molecular formula is C15H11Cl3N2O3. The lowest BCUT2D eigenvalue weighted by Gasteiger charge is -2.13. The number of carbonyl (C=O) groups excluding carboxylic acids is 2. The fourth-order valence-electron chi connectivity index (χ4n) is 1.61. The van der Waals surface area contributed by atoms with E-state index in [1.54, 1.807) is 12.1 Å². The van der Waals surface area contributed by atoms with Crippen LogP contribution in [0.15, 0.2) is 36.5 Å². The van der Waals surface area contributed by atoms with Gasteiger partial charge in [-0.1, -0.05) is 34.8 Å². The highest BCUT2D eigenvalue weighted by Gasteiger charge is 2.21. The number of esters is 1. The molecule has 0 unspecified atom stereocenters.